The van der Waals surface area contributed by atoms with Crippen LogP contribution in [0.4, 0.5) is 17.1 Å². The largest absolute Gasteiger partial charge is 0.456 e. The SMILES string of the molecule is Clc1ccc2c(c1)[Si](c1ccccc1)(c1ccccc1)c1ccc(N(c3ccccc3)c3ccc4c(c3)oc3ccccc34)cc1-2. The van der Waals surface area contributed by atoms with E-state index >= 15 is 0 Å². The van der Waals surface area contributed by atoms with Crippen molar-refractivity contribution in [3.8, 4) is 11.1 Å². The predicted octanol–water partition coefficient (Wildman–Crippen LogP) is 9.07. The standard InChI is InChI=1S/C42H28ClNOSi/c43-29-20-23-37-38-27-31(22-25-41(38)46(42(37)26-29,33-14-6-2-7-15-33)34-16-8-3-9-17-34)44(30-12-4-1-5-13-30)32-21-24-36-35-18-10-11-19-39(35)45-40(36)28-32/h1-28H. The molecule has 7 aromatic carbocycles. The van der Waals surface area contributed by atoms with E-state index in [9.17, 15) is 0 Å². The Labute approximate surface area is 273 Å². The fraction of sp³-hybridized carbons (Fsp3) is 0. The number of hydrogen-bond acceptors (Lipinski definition) is 2. The monoisotopic (exact) mass is 625 g/mol. The molecule has 0 bridgehead atoms. The molecule has 0 N–H and O–H groups in total. The minimum atomic E-state index is -2.65. The van der Waals surface area contributed by atoms with Gasteiger partial charge in [0, 0.05) is 38.9 Å². The molecular formula is C42H28ClNOSi. The Morgan fingerprint density at radius 2 is 1.04 bits per heavy atom. The minimum absolute atomic E-state index is 0.764. The van der Waals surface area contributed by atoms with Gasteiger partial charge < -0.3 is 9.32 Å². The maximum absolute atomic E-state index is 6.79. The molecule has 218 valence electrons. The van der Waals surface area contributed by atoms with E-state index in [1.807, 2.05) is 18.2 Å². The van der Waals surface area contributed by atoms with Gasteiger partial charge in [0.25, 0.3) is 0 Å². The normalized spacial score (nSPS) is 13.1. The van der Waals surface area contributed by atoms with Gasteiger partial charge in [0.15, 0.2) is 8.07 Å². The van der Waals surface area contributed by atoms with Gasteiger partial charge in [-0.05, 0) is 86.5 Å². The molecule has 8 aromatic rings. The highest BCUT2D eigenvalue weighted by atomic mass is 35.5. The van der Waals surface area contributed by atoms with E-state index in [2.05, 4.69) is 157 Å². The number of benzene rings is 7. The van der Waals surface area contributed by atoms with Crippen molar-refractivity contribution in [2.75, 3.05) is 4.90 Å². The molecule has 2 heterocycles. The zero-order valence-corrected chi connectivity index (χ0v) is 26.7. The van der Waals surface area contributed by atoms with Crippen molar-refractivity contribution in [1.29, 1.82) is 0 Å². The van der Waals surface area contributed by atoms with Gasteiger partial charge in [-0.25, -0.2) is 0 Å². The number of anilines is 3. The van der Waals surface area contributed by atoms with Crippen LogP contribution in [0.3, 0.4) is 0 Å². The smallest absolute Gasteiger partial charge is 0.180 e. The fourth-order valence-electron chi connectivity index (χ4n) is 7.47. The number of rotatable bonds is 5. The van der Waals surface area contributed by atoms with Crippen LogP contribution in [-0.4, -0.2) is 8.07 Å². The Bertz CT molecular complexity index is 2350. The van der Waals surface area contributed by atoms with Crippen LogP contribution in [0, 0.1) is 0 Å². The highest BCUT2D eigenvalue weighted by molar-refractivity contribution is 7.22. The van der Waals surface area contributed by atoms with Crippen LogP contribution in [0.25, 0.3) is 33.1 Å². The predicted molar refractivity (Wildman–Crippen MR) is 196 cm³/mol. The van der Waals surface area contributed by atoms with Gasteiger partial charge in [0.05, 0.1) is 0 Å². The minimum Gasteiger partial charge on any atom is -0.456 e. The molecule has 2 nitrogen and oxygen atoms in total. The number of furan rings is 1. The molecular weight excluding hydrogens is 598 g/mol. The summed E-state index contributed by atoms with van der Waals surface area (Å²) in [5.74, 6) is 0. The van der Waals surface area contributed by atoms with E-state index in [-0.39, 0.29) is 0 Å². The lowest BCUT2D eigenvalue weighted by atomic mass is 10.0. The molecule has 0 saturated carbocycles. The van der Waals surface area contributed by atoms with Crippen LogP contribution in [0.5, 0.6) is 0 Å². The molecule has 0 aliphatic carbocycles. The van der Waals surface area contributed by atoms with Gasteiger partial charge in [-0.3, -0.25) is 0 Å². The molecule has 0 amide bonds. The maximum Gasteiger partial charge on any atom is 0.180 e. The zero-order valence-electron chi connectivity index (χ0n) is 24.9. The Kier molecular flexibility index (Phi) is 6.24. The number of halogens is 1. The zero-order chi connectivity index (χ0) is 30.7. The molecule has 0 saturated heterocycles. The summed E-state index contributed by atoms with van der Waals surface area (Å²) in [5, 5.41) is 8.43. The Morgan fingerprint density at radius 3 is 1.78 bits per heavy atom. The third-order valence-electron chi connectivity index (χ3n) is 9.39. The molecule has 0 spiro atoms. The van der Waals surface area contributed by atoms with Crippen molar-refractivity contribution in [2.24, 2.45) is 0 Å². The Morgan fingerprint density at radius 1 is 0.435 bits per heavy atom. The number of nitrogens with zero attached hydrogens (tertiary/aromatic N) is 1. The number of para-hydroxylation sites is 2. The first kappa shape index (κ1) is 27.0. The van der Waals surface area contributed by atoms with E-state index in [1.165, 1.54) is 31.9 Å². The van der Waals surface area contributed by atoms with Crippen LogP contribution in [0.1, 0.15) is 0 Å². The molecule has 46 heavy (non-hydrogen) atoms. The van der Waals surface area contributed by atoms with E-state index < -0.39 is 8.07 Å². The van der Waals surface area contributed by atoms with Crippen LogP contribution >= 0.6 is 11.6 Å². The van der Waals surface area contributed by atoms with Crippen LogP contribution in [0.15, 0.2) is 174 Å². The maximum atomic E-state index is 6.79. The van der Waals surface area contributed by atoms with Gasteiger partial charge in [-0.2, -0.15) is 0 Å². The second-order valence-corrected chi connectivity index (χ2v) is 16.0. The van der Waals surface area contributed by atoms with Crippen LogP contribution in [0.2, 0.25) is 5.02 Å². The van der Waals surface area contributed by atoms with Crippen molar-refractivity contribution >= 4 is 79.4 Å². The van der Waals surface area contributed by atoms with E-state index in [1.54, 1.807) is 0 Å². The summed E-state index contributed by atoms with van der Waals surface area (Å²) in [6.45, 7) is 0. The van der Waals surface area contributed by atoms with Crippen LogP contribution in [-0.2, 0) is 0 Å². The molecule has 0 unspecified atom stereocenters. The summed E-state index contributed by atoms with van der Waals surface area (Å²) in [4.78, 5) is 2.33. The Balaban J connectivity index is 1.30. The Hall–Kier alpha value is -5.35. The first-order valence-corrected chi connectivity index (χ1v) is 17.9. The van der Waals surface area contributed by atoms with Gasteiger partial charge in [0.2, 0.25) is 0 Å². The van der Waals surface area contributed by atoms with Crippen LogP contribution < -0.4 is 25.6 Å². The highest BCUT2D eigenvalue weighted by Crippen LogP contribution is 2.40. The van der Waals surface area contributed by atoms with Crippen molar-refractivity contribution in [3.63, 3.8) is 0 Å². The molecule has 1 aliphatic heterocycles. The molecule has 1 aliphatic rings. The average Bonchev–Trinajstić information content (AvgIpc) is 3.62. The molecule has 0 atom stereocenters. The van der Waals surface area contributed by atoms with Crippen molar-refractivity contribution in [3.05, 3.63) is 175 Å². The number of fused-ring (bicyclic) bond motifs is 6. The van der Waals surface area contributed by atoms with E-state index in [0.717, 1.165) is 44.0 Å². The molecule has 4 heteroatoms. The summed E-state index contributed by atoms with van der Waals surface area (Å²) in [7, 11) is -2.65. The van der Waals surface area contributed by atoms with Gasteiger partial charge >= 0.3 is 0 Å². The van der Waals surface area contributed by atoms with E-state index in [0.29, 0.717) is 0 Å². The molecule has 0 radical (unpaired) electrons. The van der Waals surface area contributed by atoms with Gasteiger partial charge in [-0.15, -0.1) is 0 Å². The molecule has 0 fully saturated rings. The topological polar surface area (TPSA) is 16.4 Å². The second-order valence-electron chi connectivity index (χ2n) is 11.9. The quantitative estimate of drug-likeness (QED) is 0.177. The first-order valence-electron chi connectivity index (χ1n) is 15.5. The van der Waals surface area contributed by atoms with Crippen molar-refractivity contribution in [2.45, 2.75) is 0 Å². The first-order chi connectivity index (χ1) is 22.7. The number of hydrogen-bond donors (Lipinski definition) is 0. The third kappa shape index (κ3) is 4.03. The third-order valence-corrected chi connectivity index (χ3v) is 14.5. The van der Waals surface area contributed by atoms with Gasteiger partial charge in [-0.1, -0.05) is 121 Å². The van der Waals surface area contributed by atoms with Crippen molar-refractivity contribution in [1.82, 2.24) is 0 Å². The highest BCUT2D eigenvalue weighted by Gasteiger charge is 2.48. The average molecular weight is 626 g/mol. The summed E-state index contributed by atoms with van der Waals surface area (Å²) in [6.07, 6.45) is 0. The lowest BCUT2D eigenvalue weighted by Gasteiger charge is -2.32. The van der Waals surface area contributed by atoms with Gasteiger partial charge in [0.1, 0.15) is 11.2 Å². The second kappa shape index (κ2) is 10.6. The fourth-order valence-corrected chi connectivity index (χ4v) is 12.9. The molecule has 9 rings (SSSR count). The van der Waals surface area contributed by atoms with Crippen molar-refractivity contribution < 1.29 is 4.42 Å². The summed E-state index contributed by atoms with van der Waals surface area (Å²) in [6, 6.07) is 60.9. The summed E-state index contributed by atoms with van der Waals surface area (Å²) >= 11 is 6.79. The molecule has 1 aromatic heterocycles. The summed E-state index contributed by atoms with van der Waals surface area (Å²) < 4.78 is 6.34. The lowest BCUT2D eigenvalue weighted by molar-refractivity contribution is 0.669. The van der Waals surface area contributed by atoms with E-state index in [4.69, 9.17) is 16.0 Å². The summed E-state index contributed by atoms with van der Waals surface area (Å²) in [5.41, 5.74) is 7.50. The lowest BCUT2D eigenvalue weighted by Crippen LogP contribution is -2.72.